The fraction of sp³-hybridized carbons (Fsp3) is 0.700. The minimum absolute atomic E-state index is 0.289. The van der Waals surface area contributed by atoms with Crippen LogP contribution < -0.4 is 10.6 Å². The molecule has 0 saturated carbocycles. The maximum atomic E-state index is 12.5. The van der Waals surface area contributed by atoms with Crippen molar-refractivity contribution in [2.45, 2.75) is 38.0 Å². The number of nitrogens with zero attached hydrogens (tertiary/aromatic N) is 3. The van der Waals surface area contributed by atoms with Gasteiger partial charge in [0.25, 0.3) is 0 Å². The second-order valence-electron chi connectivity index (χ2n) is 7.09. The van der Waals surface area contributed by atoms with Crippen LogP contribution in [-0.4, -0.2) is 75.5 Å². The maximum absolute atomic E-state index is 12.5. The molecule has 170 valence electrons. The molecule has 0 amide bonds. The van der Waals surface area contributed by atoms with Gasteiger partial charge in [-0.3, -0.25) is 4.99 Å². The third kappa shape index (κ3) is 8.35. The zero-order valence-corrected chi connectivity index (χ0v) is 17.7. The molecule has 1 aliphatic heterocycles. The Balaban J connectivity index is 1.61. The molecule has 10 heteroatoms. The first-order valence-electron chi connectivity index (χ1n) is 10.3. The number of ether oxygens (including phenoxy) is 2. The molecule has 0 aromatic carbocycles. The number of anilines is 1. The lowest BCUT2D eigenvalue weighted by molar-refractivity contribution is -0.137. The maximum Gasteiger partial charge on any atom is 0.417 e. The van der Waals surface area contributed by atoms with Gasteiger partial charge >= 0.3 is 6.18 Å². The van der Waals surface area contributed by atoms with Gasteiger partial charge < -0.3 is 25.0 Å². The highest BCUT2D eigenvalue weighted by molar-refractivity contribution is 5.79. The van der Waals surface area contributed by atoms with Crippen LogP contribution >= 0.6 is 0 Å². The number of nitrogens with one attached hydrogen (secondary N) is 2. The van der Waals surface area contributed by atoms with E-state index in [1.165, 1.54) is 6.07 Å². The number of alkyl halides is 3. The van der Waals surface area contributed by atoms with E-state index >= 15 is 0 Å². The number of rotatable bonds is 10. The first-order chi connectivity index (χ1) is 14.4. The summed E-state index contributed by atoms with van der Waals surface area (Å²) in [7, 11) is 3.46. The van der Waals surface area contributed by atoms with Gasteiger partial charge in [-0.2, -0.15) is 13.2 Å². The quantitative estimate of drug-likeness (QED) is 0.337. The summed E-state index contributed by atoms with van der Waals surface area (Å²) in [5, 5.41) is 6.37. The predicted octanol–water partition coefficient (Wildman–Crippen LogP) is 3.00. The molecule has 0 atom stereocenters. The van der Waals surface area contributed by atoms with Crippen LogP contribution in [0.2, 0.25) is 0 Å². The molecule has 7 nitrogen and oxygen atoms in total. The zero-order valence-electron chi connectivity index (χ0n) is 17.7. The second kappa shape index (κ2) is 12.6. The van der Waals surface area contributed by atoms with Crippen LogP contribution in [0.1, 0.15) is 31.2 Å². The normalized spacial score (nSPS) is 16.0. The molecule has 2 N–H and O–H groups in total. The van der Waals surface area contributed by atoms with Crippen molar-refractivity contribution in [3.63, 3.8) is 0 Å². The molecular formula is C20H32F3N5O2. The van der Waals surface area contributed by atoms with Crippen molar-refractivity contribution in [3.05, 3.63) is 23.9 Å². The van der Waals surface area contributed by atoms with Gasteiger partial charge in [-0.25, -0.2) is 4.98 Å². The summed E-state index contributed by atoms with van der Waals surface area (Å²) in [6.07, 6.45) is 0.389. The molecule has 30 heavy (non-hydrogen) atoms. The van der Waals surface area contributed by atoms with Gasteiger partial charge in [-0.05, 0) is 37.8 Å². The van der Waals surface area contributed by atoms with Gasteiger partial charge in [-0.15, -0.1) is 0 Å². The third-order valence-electron chi connectivity index (χ3n) is 4.83. The predicted molar refractivity (Wildman–Crippen MR) is 111 cm³/mol. The summed E-state index contributed by atoms with van der Waals surface area (Å²) in [5.41, 5.74) is -0.748. The molecule has 0 unspecified atom stereocenters. The van der Waals surface area contributed by atoms with E-state index < -0.39 is 11.7 Å². The fourth-order valence-corrected chi connectivity index (χ4v) is 3.19. The van der Waals surface area contributed by atoms with E-state index in [9.17, 15) is 13.2 Å². The number of piperidine rings is 1. The van der Waals surface area contributed by atoms with Crippen molar-refractivity contribution < 1.29 is 22.6 Å². The minimum Gasteiger partial charge on any atom is -0.385 e. The van der Waals surface area contributed by atoms with Crippen LogP contribution in [0.15, 0.2) is 23.3 Å². The lowest BCUT2D eigenvalue weighted by atomic mass is 10.1. The van der Waals surface area contributed by atoms with Gasteiger partial charge in [0.2, 0.25) is 0 Å². The second-order valence-corrected chi connectivity index (χ2v) is 7.09. The van der Waals surface area contributed by atoms with E-state index in [0.29, 0.717) is 18.9 Å². The molecule has 2 heterocycles. The van der Waals surface area contributed by atoms with E-state index in [1.807, 2.05) is 0 Å². The van der Waals surface area contributed by atoms with Gasteiger partial charge in [0.15, 0.2) is 5.96 Å². The van der Waals surface area contributed by atoms with Crippen LogP contribution in [0.5, 0.6) is 0 Å². The number of hydrogen-bond donors (Lipinski definition) is 2. The number of aliphatic imine (C=N–C) groups is 1. The summed E-state index contributed by atoms with van der Waals surface area (Å²) in [6, 6.07) is 2.37. The Bertz CT molecular complexity index is 632. The van der Waals surface area contributed by atoms with Crippen molar-refractivity contribution in [2.24, 2.45) is 4.99 Å². The van der Waals surface area contributed by atoms with E-state index in [0.717, 1.165) is 70.2 Å². The molecule has 1 aromatic rings. The number of aromatic nitrogens is 1. The Morgan fingerprint density at radius 2 is 1.97 bits per heavy atom. The Kier molecular flexibility index (Phi) is 10.2. The summed E-state index contributed by atoms with van der Waals surface area (Å²) in [6.45, 7) is 4.53. The summed E-state index contributed by atoms with van der Waals surface area (Å²) in [5.74, 6) is 1.29. The Hall–Kier alpha value is -2.07. The summed E-state index contributed by atoms with van der Waals surface area (Å²) >= 11 is 0. The SMILES string of the molecule is CN=C(NCCCNc1ccc(C(F)(F)F)cn1)N1CCC(OCCCOC)CC1. The number of guanidine groups is 1. The summed E-state index contributed by atoms with van der Waals surface area (Å²) < 4.78 is 48.5. The molecule has 0 spiro atoms. The zero-order chi connectivity index (χ0) is 21.8. The number of likely N-dealkylation sites (tertiary alicyclic amines) is 1. The van der Waals surface area contributed by atoms with Crippen LogP contribution in [0.25, 0.3) is 0 Å². The molecule has 1 saturated heterocycles. The van der Waals surface area contributed by atoms with E-state index in [-0.39, 0.29) is 6.10 Å². The topological polar surface area (TPSA) is 71.0 Å². The monoisotopic (exact) mass is 431 g/mol. The van der Waals surface area contributed by atoms with Crippen molar-refractivity contribution >= 4 is 11.8 Å². The van der Waals surface area contributed by atoms with Crippen molar-refractivity contribution in [1.82, 2.24) is 15.2 Å². The van der Waals surface area contributed by atoms with Crippen molar-refractivity contribution in [2.75, 3.05) is 58.9 Å². The third-order valence-corrected chi connectivity index (χ3v) is 4.83. The number of hydrogen-bond acceptors (Lipinski definition) is 5. The smallest absolute Gasteiger partial charge is 0.385 e. The lowest BCUT2D eigenvalue weighted by Crippen LogP contribution is -2.47. The Morgan fingerprint density at radius 1 is 1.20 bits per heavy atom. The highest BCUT2D eigenvalue weighted by Crippen LogP contribution is 2.28. The Morgan fingerprint density at radius 3 is 2.57 bits per heavy atom. The molecule has 2 rings (SSSR count). The fourth-order valence-electron chi connectivity index (χ4n) is 3.19. The lowest BCUT2D eigenvalue weighted by Gasteiger charge is -2.34. The first-order valence-corrected chi connectivity index (χ1v) is 10.3. The molecule has 1 fully saturated rings. The average Bonchev–Trinajstić information content (AvgIpc) is 2.74. The first kappa shape index (κ1) is 24.2. The standard InChI is InChI=1S/C20H32F3N5O2/c1-24-19(28-11-7-17(8-12-28)30-14-4-13-29-2)26-10-3-9-25-18-6-5-16(15-27-18)20(21,22)23/h5-6,15,17H,3-4,7-14H2,1-2H3,(H,24,26)(H,25,27). The van der Waals surface area contributed by atoms with Gasteiger partial charge in [0, 0.05) is 59.7 Å². The van der Waals surface area contributed by atoms with E-state index in [4.69, 9.17) is 9.47 Å². The van der Waals surface area contributed by atoms with E-state index in [1.54, 1.807) is 14.2 Å². The van der Waals surface area contributed by atoms with Crippen LogP contribution in [0, 0.1) is 0 Å². The van der Waals surface area contributed by atoms with Crippen LogP contribution in [0.3, 0.4) is 0 Å². The number of pyridine rings is 1. The largest absolute Gasteiger partial charge is 0.417 e. The molecule has 0 bridgehead atoms. The number of methoxy groups -OCH3 is 1. The average molecular weight is 432 g/mol. The van der Waals surface area contributed by atoms with Crippen LogP contribution in [0.4, 0.5) is 19.0 Å². The van der Waals surface area contributed by atoms with Crippen molar-refractivity contribution in [1.29, 1.82) is 0 Å². The molecule has 0 aliphatic carbocycles. The van der Waals surface area contributed by atoms with E-state index in [2.05, 4.69) is 25.5 Å². The molecule has 0 radical (unpaired) electrons. The van der Waals surface area contributed by atoms with Gasteiger partial charge in [0.1, 0.15) is 5.82 Å². The minimum atomic E-state index is -4.37. The highest BCUT2D eigenvalue weighted by Gasteiger charge is 2.30. The van der Waals surface area contributed by atoms with Gasteiger partial charge in [0.05, 0.1) is 11.7 Å². The highest BCUT2D eigenvalue weighted by atomic mass is 19.4. The molecular weight excluding hydrogens is 399 g/mol. The molecule has 1 aromatic heterocycles. The Labute approximate surface area is 176 Å². The van der Waals surface area contributed by atoms with Gasteiger partial charge in [-0.1, -0.05) is 0 Å². The van der Waals surface area contributed by atoms with Crippen LogP contribution in [-0.2, 0) is 15.7 Å². The van der Waals surface area contributed by atoms with Crippen molar-refractivity contribution in [3.8, 4) is 0 Å². The molecule has 1 aliphatic rings. The summed E-state index contributed by atoms with van der Waals surface area (Å²) in [4.78, 5) is 10.4. The number of halogens is 3.